The van der Waals surface area contributed by atoms with Crippen molar-refractivity contribution in [2.45, 2.75) is 19.4 Å². The Hall–Kier alpha value is -1.13. The van der Waals surface area contributed by atoms with E-state index >= 15 is 0 Å². The highest BCUT2D eigenvalue weighted by Gasteiger charge is 2.16. The molecule has 0 aliphatic carbocycles. The third kappa shape index (κ3) is 4.27. The van der Waals surface area contributed by atoms with E-state index in [0.717, 1.165) is 5.56 Å². The van der Waals surface area contributed by atoms with Crippen LogP contribution in [-0.4, -0.2) is 31.5 Å². The minimum Gasteiger partial charge on any atom is -0.383 e. The van der Waals surface area contributed by atoms with Gasteiger partial charge in [-0.05, 0) is 25.5 Å². The second-order valence-corrected chi connectivity index (χ2v) is 4.46. The molecule has 0 fully saturated rings. The van der Waals surface area contributed by atoms with E-state index in [1.807, 2.05) is 6.92 Å². The number of carbonyl (C=O) groups is 1. The Bertz CT molecular complexity index is 406. The van der Waals surface area contributed by atoms with Gasteiger partial charge in [0.05, 0.1) is 18.2 Å². The quantitative estimate of drug-likeness (QED) is 0.809. The van der Waals surface area contributed by atoms with E-state index in [-0.39, 0.29) is 11.6 Å². The third-order valence-corrected chi connectivity index (χ3v) is 2.75. The van der Waals surface area contributed by atoms with E-state index in [4.69, 9.17) is 16.3 Å². The number of hydrogen-bond acceptors (Lipinski definition) is 2. The highest BCUT2D eigenvalue weighted by atomic mass is 35.5. The molecule has 1 unspecified atom stereocenters. The molecule has 0 bridgehead atoms. The summed E-state index contributed by atoms with van der Waals surface area (Å²) >= 11 is 5.64. The molecule has 100 valence electrons. The number of aryl methyl sites for hydroxylation is 1. The van der Waals surface area contributed by atoms with E-state index < -0.39 is 11.7 Å². The van der Waals surface area contributed by atoms with Crippen LogP contribution < -0.4 is 5.32 Å². The standard InChI is InChI=1S/C13H17ClFNO2/c1-9-3-4-12(15)11(7-9)13(17)16-10(5-6-14)8-18-2/h3-4,7,10H,5-6,8H2,1-2H3,(H,16,17). The Balaban J connectivity index is 2.76. The zero-order valence-electron chi connectivity index (χ0n) is 10.5. The Morgan fingerprint density at radius 3 is 2.89 bits per heavy atom. The summed E-state index contributed by atoms with van der Waals surface area (Å²) in [5, 5.41) is 2.71. The average Bonchev–Trinajstić information content (AvgIpc) is 2.33. The Morgan fingerprint density at radius 2 is 2.28 bits per heavy atom. The number of methoxy groups -OCH3 is 1. The SMILES string of the molecule is COCC(CCCl)NC(=O)c1cc(C)ccc1F. The molecule has 0 radical (unpaired) electrons. The van der Waals surface area contributed by atoms with Crippen molar-refractivity contribution in [2.75, 3.05) is 19.6 Å². The van der Waals surface area contributed by atoms with Crippen molar-refractivity contribution in [3.05, 3.63) is 35.1 Å². The molecule has 5 heteroatoms. The first kappa shape index (κ1) is 14.9. The zero-order chi connectivity index (χ0) is 13.5. The van der Waals surface area contributed by atoms with Crippen LogP contribution in [0.15, 0.2) is 18.2 Å². The van der Waals surface area contributed by atoms with Gasteiger partial charge in [-0.15, -0.1) is 11.6 Å². The van der Waals surface area contributed by atoms with Crippen LogP contribution >= 0.6 is 11.6 Å². The summed E-state index contributed by atoms with van der Waals surface area (Å²) in [4.78, 5) is 11.9. The van der Waals surface area contributed by atoms with Crippen molar-refractivity contribution in [3.8, 4) is 0 Å². The molecule has 1 rings (SSSR count). The fourth-order valence-corrected chi connectivity index (χ4v) is 1.87. The van der Waals surface area contributed by atoms with Crippen molar-refractivity contribution in [3.63, 3.8) is 0 Å². The number of nitrogens with one attached hydrogen (secondary N) is 1. The summed E-state index contributed by atoms with van der Waals surface area (Å²) in [6.45, 7) is 2.16. The number of alkyl halides is 1. The van der Waals surface area contributed by atoms with Crippen molar-refractivity contribution in [1.29, 1.82) is 0 Å². The van der Waals surface area contributed by atoms with Gasteiger partial charge >= 0.3 is 0 Å². The molecule has 0 aliphatic rings. The summed E-state index contributed by atoms with van der Waals surface area (Å²) in [5.74, 6) is -0.562. The molecule has 0 heterocycles. The maximum absolute atomic E-state index is 13.5. The monoisotopic (exact) mass is 273 g/mol. The fourth-order valence-electron chi connectivity index (χ4n) is 1.61. The number of ether oxygens (including phenoxy) is 1. The summed E-state index contributed by atoms with van der Waals surface area (Å²) < 4.78 is 18.5. The lowest BCUT2D eigenvalue weighted by Crippen LogP contribution is -2.38. The summed E-state index contributed by atoms with van der Waals surface area (Å²) in [6, 6.07) is 4.23. The molecule has 1 N–H and O–H groups in total. The topological polar surface area (TPSA) is 38.3 Å². The van der Waals surface area contributed by atoms with Gasteiger partial charge < -0.3 is 10.1 Å². The van der Waals surface area contributed by atoms with Gasteiger partial charge in [0, 0.05) is 13.0 Å². The van der Waals surface area contributed by atoms with Crippen LogP contribution in [0.4, 0.5) is 4.39 Å². The van der Waals surface area contributed by atoms with E-state index in [1.54, 1.807) is 13.2 Å². The van der Waals surface area contributed by atoms with Crippen LogP contribution in [0.3, 0.4) is 0 Å². The molecule has 0 saturated carbocycles. The van der Waals surface area contributed by atoms with E-state index in [0.29, 0.717) is 18.9 Å². The molecular formula is C13H17ClFNO2. The summed E-state index contributed by atoms with van der Waals surface area (Å²) in [5.41, 5.74) is 0.882. The Morgan fingerprint density at radius 1 is 1.56 bits per heavy atom. The van der Waals surface area contributed by atoms with Crippen LogP contribution in [0.2, 0.25) is 0 Å². The largest absolute Gasteiger partial charge is 0.383 e. The number of rotatable bonds is 6. The molecule has 0 spiro atoms. The lowest BCUT2D eigenvalue weighted by molar-refractivity contribution is 0.0891. The van der Waals surface area contributed by atoms with Crippen molar-refractivity contribution < 1.29 is 13.9 Å². The second-order valence-electron chi connectivity index (χ2n) is 4.09. The molecule has 1 amide bonds. The number of benzene rings is 1. The van der Waals surface area contributed by atoms with Gasteiger partial charge in [-0.2, -0.15) is 0 Å². The lowest BCUT2D eigenvalue weighted by Gasteiger charge is -2.17. The maximum atomic E-state index is 13.5. The average molecular weight is 274 g/mol. The van der Waals surface area contributed by atoms with Gasteiger partial charge in [0.1, 0.15) is 5.82 Å². The van der Waals surface area contributed by atoms with Crippen LogP contribution in [0.25, 0.3) is 0 Å². The van der Waals surface area contributed by atoms with Crippen LogP contribution in [0.1, 0.15) is 22.3 Å². The first-order valence-electron chi connectivity index (χ1n) is 5.70. The predicted molar refractivity (Wildman–Crippen MR) is 69.6 cm³/mol. The minimum absolute atomic E-state index is 0.0469. The molecule has 0 aliphatic heterocycles. The zero-order valence-corrected chi connectivity index (χ0v) is 11.3. The van der Waals surface area contributed by atoms with Gasteiger partial charge in [0.2, 0.25) is 0 Å². The van der Waals surface area contributed by atoms with Gasteiger partial charge in [-0.25, -0.2) is 4.39 Å². The van der Waals surface area contributed by atoms with Gasteiger partial charge in [-0.1, -0.05) is 11.6 Å². The lowest BCUT2D eigenvalue weighted by atomic mass is 10.1. The van der Waals surface area contributed by atoms with Crippen molar-refractivity contribution in [1.82, 2.24) is 5.32 Å². The Kier molecular flexibility index (Phi) is 6.09. The third-order valence-electron chi connectivity index (χ3n) is 2.53. The summed E-state index contributed by atoms with van der Waals surface area (Å²) in [6.07, 6.45) is 0.578. The molecule has 1 atom stereocenters. The van der Waals surface area contributed by atoms with Gasteiger partial charge in [0.25, 0.3) is 5.91 Å². The Labute approximate surface area is 111 Å². The smallest absolute Gasteiger partial charge is 0.254 e. The molecule has 3 nitrogen and oxygen atoms in total. The van der Waals surface area contributed by atoms with Crippen molar-refractivity contribution >= 4 is 17.5 Å². The molecule has 18 heavy (non-hydrogen) atoms. The highest BCUT2D eigenvalue weighted by molar-refractivity contribution is 6.17. The molecule has 0 saturated heterocycles. The number of hydrogen-bond donors (Lipinski definition) is 1. The summed E-state index contributed by atoms with van der Waals surface area (Å²) in [7, 11) is 1.54. The number of carbonyl (C=O) groups excluding carboxylic acids is 1. The number of halogens is 2. The van der Waals surface area contributed by atoms with Crippen molar-refractivity contribution in [2.24, 2.45) is 0 Å². The first-order valence-corrected chi connectivity index (χ1v) is 6.24. The van der Waals surface area contributed by atoms with E-state index in [2.05, 4.69) is 5.32 Å². The fraction of sp³-hybridized carbons (Fsp3) is 0.462. The van der Waals surface area contributed by atoms with Gasteiger partial charge in [0.15, 0.2) is 0 Å². The second kappa shape index (κ2) is 7.34. The first-order chi connectivity index (χ1) is 8.58. The van der Waals surface area contributed by atoms with Crippen LogP contribution in [-0.2, 0) is 4.74 Å². The normalized spacial score (nSPS) is 12.2. The van der Waals surface area contributed by atoms with Crippen LogP contribution in [0.5, 0.6) is 0 Å². The maximum Gasteiger partial charge on any atom is 0.254 e. The van der Waals surface area contributed by atoms with Crippen LogP contribution in [0, 0.1) is 12.7 Å². The molecule has 1 aromatic carbocycles. The van der Waals surface area contributed by atoms with Gasteiger partial charge in [-0.3, -0.25) is 4.79 Å². The minimum atomic E-state index is -0.528. The highest BCUT2D eigenvalue weighted by Crippen LogP contribution is 2.10. The predicted octanol–water partition coefficient (Wildman–Crippen LogP) is 2.51. The molecule has 0 aromatic heterocycles. The molecular weight excluding hydrogens is 257 g/mol. The van der Waals surface area contributed by atoms with E-state index in [1.165, 1.54) is 12.1 Å². The van der Waals surface area contributed by atoms with E-state index in [9.17, 15) is 9.18 Å². The molecule has 1 aromatic rings. The number of amides is 1.